The lowest BCUT2D eigenvalue weighted by Gasteiger charge is -2.30. The van der Waals surface area contributed by atoms with E-state index in [9.17, 15) is 9.59 Å². The number of anilines is 1. The van der Waals surface area contributed by atoms with Crippen LogP contribution in [0.25, 0.3) is 0 Å². The van der Waals surface area contributed by atoms with E-state index in [0.717, 1.165) is 0 Å². The molecule has 6 heteroatoms. The largest absolute Gasteiger partial charge is 0.370 e. The Morgan fingerprint density at radius 3 is 3.05 bits per heavy atom. The van der Waals surface area contributed by atoms with E-state index in [1.807, 2.05) is 6.92 Å². The predicted octanol–water partition coefficient (Wildman–Crippen LogP) is 0.864. The van der Waals surface area contributed by atoms with Crippen molar-refractivity contribution in [3.05, 3.63) is 23.9 Å². The molecule has 1 saturated heterocycles. The molecule has 2 rings (SSSR count). The van der Waals surface area contributed by atoms with E-state index >= 15 is 0 Å². The fraction of sp³-hybridized carbons (Fsp3) is 0.500. The van der Waals surface area contributed by atoms with Crippen molar-refractivity contribution in [3.63, 3.8) is 0 Å². The molecule has 2 heterocycles. The van der Waals surface area contributed by atoms with Crippen LogP contribution >= 0.6 is 0 Å². The summed E-state index contributed by atoms with van der Waals surface area (Å²) in [5.41, 5.74) is 0.536. The van der Waals surface area contributed by atoms with Crippen LogP contribution in [0.2, 0.25) is 0 Å². The van der Waals surface area contributed by atoms with Gasteiger partial charge >= 0.3 is 0 Å². The standard InChI is InChI=1S/C14H20N4O2/c1-3-15-13-11(5-4-8-16-13)14(20)17-10-6-7-12(19)18(2)9-10/h4-5,8,10H,3,6-7,9H2,1-2H3,(H,15,16)(H,17,20). The fourth-order valence-electron chi connectivity index (χ4n) is 2.29. The molecule has 2 N–H and O–H groups in total. The molecule has 6 nitrogen and oxygen atoms in total. The number of amides is 2. The maximum absolute atomic E-state index is 12.3. The molecule has 0 aromatic carbocycles. The molecule has 1 aromatic rings. The quantitative estimate of drug-likeness (QED) is 0.855. The highest BCUT2D eigenvalue weighted by molar-refractivity contribution is 5.99. The summed E-state index contributed by atoms with van der Waals surface area (Å²) < 4.78 is 0. The number of hydrogen-bond donors (Lipinski definition) is 2. The highest BCUT2D eigenvalue weighted by atomic mass is 16.2. The predicted molar refractivity (Wildman–Crippen MR) is 76.5 cm³/mol. The summed E-state index contributed by atoms with van der Waals surface area (Å²) in [5, 5.41) is 6.05. The van der Waals surface area contributed by atoms with Gasteiger partial charge in [-0.25, -0.2) is 4.98 Å². The monoisotopic (exact) mass is 276 g/mol. The van der Waals surface area contributed by atoms with Gasteiger partial charge in [-0.15, -0.1) is 0 Å². The van der Waals surface area contributed by atoms with Crippen molar-refractivity contribution >= 4 is 17.6 Å². The second-order valence-electron chi connectivity index (χ2n) is 4.91. The van der Waals surface area contributed by atoms with Gasteiger partial charge in [-0.2, -0.15) is 0 Å². The summed E-state index contributed by atoms with van der Waals surface area (Å²) in [6, 6.07) is 3.49. The number of nitrogens with zero attached hydrogens (tertiary/aromatic N) is 2. The van der Waals surface area contributed by atoms with Gasteiger partial charge in [0.15, 0.2) is 0 Å². The molecule has 1 unspecified atom stereocenters. The van der Waals surface area contributed by atoms with E-state index < -0.39 is 0 Å². The first-order valence-electron chi connectivity index (χ1n) is 6.85. The van der Waals surface area contributed by atoms with E-state index in [-0.39, 0.29) is 17.9 Å². The van der Waals surface area contributed by atoms with E-state index in [0.29, 0.717) is 37.3 Å². The zero-order chi connectivity index (χ0) is 14.5. The molecular weight excluding hydrogens is 256 g/mol. The van der Waals surface area contributed by atoms with Crippen LogP contribution in [0.5, 0.6) is 0 Å². The van der Waals surface area contributed by atoms with Gasteiger partial charge in [0.05, 0.1) is 5.56 Å². The molecule has 1 aromatic heterocycles. The van der Waals surface area contributed by atoms with Crippen molar-refractivity contribution in [1.29, 1.82) is 0 Å². The highest BCUT2D eigenvalue weighted by Crippen LogP contribution is 2.14. The van der Waals surface area contributed by atoms with E-state index in [2.05, 4.69) is 15.6 Å². The van der Waals surface area contributed by atoms with Crippen molar-refractivity contribution in [3.8, 4) is 0 Å². The third-order valence-corrected chi connectivity index (χ3v) is 3.36. The Morgan fingerprint density at radius 1 is 1.55 bits per heavy atom. The van der Waals surface area contributed by atoms with Gasteiger partial charge in [-0.1, -0.05) is 0 Å². The number of rotatable bonds is 4. The van der Waals surface area contributed by atoms with Crippen LogP contribution in [-0.2, 0) is 4.79 Å². The third kappa shape index (κ3) is 3.26. The zero-order valence-electron chi connectivity index (χ0n) is 11.8. The summed E-state index contributed by atoms with van der Waals surface area (Å²) in [7, 11) is 1.76. The van der Waals surface area contributed by atoms with Gasteiger partial charge in [0.25, 0.3) is 5.91 Å². The molecule has 1 aliphatic heterocycles. The van der Waals surface area contributed by atoms with Gasteiger partial charge in [0.2, 0.25) is 5.91 Å². The highest BCUT2D eigenvalue weighted by Gasteiger charge is 2.25. The van der Waals surface area contributed by atoms with Crippen LogP contribution < -0.4 is 10.6 Å². The van der Waals surface area contributed by atoms with Crippen LogP contribution in [0.1, 0.15) is 30.1 Å². The average Bonchev–Trinajstić information content (AvgIpc) is 2.44. The Kier molecular flexibility index (Phi) is 4.55. The molecule has 1 fully saturated rings. The van der Waals surface area contributed by atoms with Gasteiger partial charge in [0.1, 0.15) is 5.82 Å². The van der Waals surface area contributed by atoms with Crippen LogP contribution in [-0.4, -0.2) is 47.9 Å². The first-order chi connectivity index (χ1) is 9.61. The molecule has 0 radical (unpaired) electrons. The molecular formula is C14H20N4O2. The Bertz CT molecular complexity index is 504. The van der Waals surface area contributed by atoms with E-state index in [1.54, 1.807) is 30.3 Å². The molecule has 20 heavy (non-hydrogen) atoms. The lowest BCUT2D eigenvalue weighted by molar-refractivity contribution is -0.132. The van der Waals surface area contributed by atoms with Crippen molar-refractivity contribution in [2.45, 2.75) is 25.8 Å². The third-order valence-electron chi connectivity index (χ3n) is 3.36. The Hall–Kier alpha value is -2.11. The van der Waals surface area contributed by atoms with Gasteiger partial charge in [-0.05, 0) is 25.5 Å². The summed E-state index contributed by atoms with van der Waals surface area (Å²) >= 11 is 0. The molecule has 0 aliphatic carbocycles. The maximum Gasteiger partial charge on any atom is 0.255 e. The fourth-order valence-corrected chi connectivity index (χ4v) is 2.29. The summed E-state index contributed by atoms with van der Waals surface area (Å²) in [6.45, 7) is 3.22. The number of piperidine rings is 1. The number of nitrogens with one attached hydrogen (secondary N) is 2. The molecule has 1 aliphatic rings. The van der Waals surface area contributed by atoms with Crippen molar-refractivity contribution in [1.82, 2.24) is 15.2 Å². The van der Waals surface area contributed by atoms with Crippen LogP contribution in [0.15, 0.2) is 18.3 Å². The average molecular weight is 276 g/mol. The molecule has 108 valence electrons. The number of hydrogen-bond acceptors (Lipinski definition) is 4. The van der Waals surface area contributed by atoms with Crippen molar-refractivity contribution in [2.75, 3.05) is 25.5 Å². The SMILES string of the molecule is CCNc1ncccc1C(=O)NC1CCC(=O)N(C)C1. The topological polar surface area (TPSA) is 74.3 Å². The van der Waals surface area contributed by atoms with Gasteiger partial charge in [-0.3, -0.25) is 9.59 Å². The second kappa shape index (κ2) is 6.36. The number of likely N-dealkylation sites (tertiary alicyclic amines) is 1. The smallest absolute Gasteiger partial charge is 0.255 e. The van der Waals surface area contributed by atoms with Gasteiger partial charge < -0.3 is 15.5 Å². The Morgan fingerprint density at radius 2 is 2.35 bits per heavy atom. The lowest BCUT2D eigenvalue weighted by atomic mass is 10.1. The number of carbonyl (C=O) groups excluding carboxylic acids is 2. The Balaban J connectivity index is 2.03. The molecule has 0 spiro atoms. The summed E-state index contributed by atoms with van der Waals surface area (Å²) in [5.74, 6) is 0.569. The Labute approximate surface area is 118 Å². The van der Waals surface area contributed by atoms with Crippen LogP contribution in [0.3, 0.4) is 0 Å². The van der Waals surface area contributed by atoms with E-state index in [4.69, 9.17) is 0 Å². The van der Waals surface area contributed by atoms with Crippen molar-refractivity contribution < 1.29 is 9.59 Å². The number of likely N-dealkylation sites (N-methyl/N-ethyl adjacent to an activating group) is 1. The van der Waals surface area contributed by atoms with Gasteiger partial charge in [0, 0.05) is 38.8 Å². The molecule has 2 amide bonds. The number of aromatic nitrogens is 1. The summed E-state index contributed by atoms with van der Waals surface area (Å²) in [4.78, 5) is 29.6. The number of pyridine rings is 1. The molecule has 0 bridgehead atoms. The van der Waals surface area contributed by atoms with Crippen molar-refractivity contribution in [2.24, 2.45) is 0 Å². The van der Waals surface area contributed by atoms with Crippen LogP contribution in [0.4, 0.5) is 5.82 Å². The van der Waals surface area contributed by atoms with E-state index in [1.165, 1.54) is 0 Å². The second-order valence-corrected chi connectivity index (χ2v) is 4.91. The normalized spacial score (nSPS) is 18.8. The first kappa shape index (κ1) is 14.3. The minimum Gasteiger partial charge on any atom is -0.370 e. The first-order valence-corrected chi connectivity index (χ1v) is 6.85. The minimum atomic E-state index is -0.151. The zero-order valence-corrected chi connectivity index (χ0v) is 11.8. The number of carbonyl (C=O) groups is 2. The maximum atomic E-state index is 12.3. The molecule has 1 atom stereocenters. The van der Waals surface area contributed by atoms with Crippen LogP contribution in [0, 0.1) is 0 Å². The molecule has 0 saturated carbocycles. The minimum absolute atomic E-state index is 0.000109. The summed E-state index contributed by atoms with van der Waals surface area (Å²) in [6.07, 6.45) is 2.82. The lowest BCUT2D eigenvalue weighted by Crippen LogP contribution is -2.48.